The van der Waals surface area contributed by atoms with Crippen molar-refractivity contribution in [3.8, 4) is 11.5 Å². The predicted octanol–water partition coefficient (Wildman–Crippen LogP) is 4.64. The van der Waals surface area contributed by atoms with Gasteiger partial charge in [0, 0.05) is 24.2 Å². The van der Waals surface area contributed by atoms with Gasteiger partial charge in [-0.1, -0.05) is 45.4 Å². The monoisotopic (exact) mass is 480 g/mol. The molecule has 0 saturated carbocycles. The van der Waals surface area contributed by atoms with Crippen molar-refractivity contribution in [1.29, 1.82) is 0 Å². The summed E-state index contributed by atoms with van der Waals surface area (Å²) in [7, 11) is 1.55. The van der Waals surface area contributed by atoms with E-state index in [2.05, 4.69) is 25.7 Å². The SMILES string of the molecule is CCCCOc1ccc(/C(O)=C2\C(=O)C(=O)N(CCN(CC)CC)C2c2ccccc2OC)cc1. The first kappa shape index (κ1) is 26.3. The Balaban J connectivity index is 2.03. The summed E-state index contributed by atoms with van der Waals surface area (Å²) in [5.74, 6) is -0.270. The van der Waals surface area contributed by atoms with Gasteiger partial charge in [-0.2, -0.15) is 0 Å². The number of carbonyl (C=O) groups is 2. The number of benzene rings is 2. The molecule has 7 heteroatoms. The third kappa shape index (κ3) is 5.85. The van der Waals surface area contributed by atoms with Gasteiger partial charge >= 0.3 is 0 Å². The molecule has 1 aliphatic rings. The molecule has 0 bridgehead atoms. The van der Waals surface area contributed by atoms with E-state index in [1.54, 1.807) is 42.3 Å². The average Bonchev–Trinajstić information content (AvgIpc) is 3.14. The number of likely N-dealkylation sites (tertiary alicyclic amines) is 1. The van der Waals surface area contributed by atoms with Gasteiger partial charge in [-0.15, -0.1) is 0 Å². The Bertz CT molecular complexity index is 1040. The van der Waals surface area contributed by atoms with Crippen LogP contribution in [-0.2, 0) is 9.59 Å². The van der Waals surface area contributed by atoms with Crippen LogP contribution in [0, 0.1) is 0 Å². The fourth-order valence-corrected chi connectivity index (χ4v) is 4.31. The van der Waals surface area contributed by atoms with Crippen molar-refractivity contribution in [1.82, 2.24) is 9.80 Å². The number of methoxy groups -OCH3 is 1. The number of rotatable bonds is 12. The molecular formula is C28H36N2O5. The van der Waals surface area contributed by atoms with Crippen LogP contribution in [0.25, 0.3) is 5.76 Å². The maximum atomic E-state index is 13.3. The van der Waals surface area contributed by atoms with Gasteiger partial charge in [0.05, 0.1) is 25.3 Å². The molecule has 1 fully saturated rings. The molecule has 35 heavy (non-hydrogen) atoms. The molecule has 1 saturated heterocycles. The van der Waals surface area contributed by atoms with Crippen LogP contribution in [0.4, 0.5) is 0 Å². The number of hydrogen-bond acceptors (Lipinski definition) is 6. The van der Waals surface area contributed by atoms with Crippen LogP contribution in [0.3, 0.4) is 0 Å². The number of likely N-dealkylation sites (N-methyl/N-ethyl adjacent to an activating group) is 1. The van der Waals surface area contributed by atoms with Gasteiger partial charge < -0.3 is 24.4 Å². The van der Waals surface area contributed by atoms with Crippen molar-refractivity contribution in [3.63, 3.8) is 0 Å². The highest BCUT2D eigenvalue weighted by Gasteiger charge is 2.46. The maximum absolute atomic E-state index is 13.3. The van der Waals surface area contributed by atoms with Crippen LogP contribution < -0.4 is 9.47 Å². The summed E-state index contributed by atoms with van der Waals surface area (Å²) in [5.41, 5.74) is 1.18. The molecule has 1 aliphatic heterocycles. The average molecular weight is 481 g/mol. The number of ether oxygens (including phenoxy) is 2. The molecule has 0 aromatic heterocycles. The summed E-state index contributed by atoms with van der Waals surface area (Å²) in [6.07, 6.45) is 1.99. The number of unbranched alkanes of at least 4 members (excludes halogenated alkanes) is 1. The third-order valence-corrected chi connectivity index (χ3v) is 6.42. The lowest BCUT2D eigenvalue weighted by atomic mass is 9.94. The van der Waals surface area contributed by atoms with E-state index in [4.69, 9.17) is 9.47 Å². The molecule has 1 heterocycles. The van der Waals surface area contributed by atoms with E-state index < -0.39 is 17.7 Å². The first-order chi connectivity index (χ1) is 17.0. The summed E-state index contributed by atoms with van der Waals surface area (Å²) in [6, 6.07) is 13.5. The number of hydrogen-bond donors (Lipinski definition) is 1. The number of amides is 1. The Labute approximate surface area is 207 Å². The molecule has 0 aliphatic carbocycles. The van der Waals surface area contributed by atoms with Crippen LogP contribution >= 0.6 is 0 Å². The summed E-state index contributed by atoms with van der Waals surface area (Å²) >= 11 is 0. The van der Waals surface area contributed by atoms with Crippen molar-refractivity contribution in [3.05, 3.63) is 65.2 Å². The first-order valence-electron chi connectivity index (χ1n) is 12.3. The van der Waals surface area contributed by atoms with Crippen LogP contribution in [0.2, 0.25) is 0 Å². The van der Waals surface area contributed by atoms with E-state index in [9.17, 15) is 14.7 Å². The quantitative estimate of drug-likeness (QED) is 0.206. The lowest BCUT2D eigenvalue weighted by Gasteiger charge is -2.29. The first-order valence-corrected chi connectivity index (χ1v) is 12.3. The molecule has 1 amide bonds. The third-order valence-electron chi connectivity index (χ3n) is 6.42. The summed E-state index contributed by atoms with van der Waals surface area (Å²) in [6.45, 7) is 9.49. The van der Waals surface area contributed by atoms with Gasteiger partial charge in [0.25, 0.3) is 11.7 Å². The Hall–Kier alpha value is -3.32. The van der Waals surface area contributed by atoms with Crippen LogP contribution in [-0.4, -0.2) is 66.5 Å². The van der Waals surface area contributed by atoms with Crippen molar-refractivity contribution in [2.45, 2.75) is 39.7 Å². The van der Waals surface area contributed by atoms with Crippen LogP contribution in [0.1, 0.15) is 50.8 Å². The smallest absolute Gasteiger partial charge is 0.295 e. The number of aliphatic hydroxyl groups excluding tert-OH is 1. The molecule has 0 radical (unpaired) electrons. The van der Waals surface area contributed by atoms with E-state index in [1.165, 1.54) is 0 Å². The highest BCUT2D eigenvalue weighted by atomic mass is 16.5. The summed E-state index contributed by atoms with van der Waals surface area (Å²) in [5, 5.41) is 11.3. The number of carbonyl (C=O) groups excluding carboxylic acids is 2. The molecule has 1 atom stereocenters. The fraction of sp³-hybridized carbons (Fsp3) is 0.429. The number of Topliss-reactive ketones (excluding diaryl/α,β-unsaturated/α-hetero) is 1. The van der Waals surface area contributed by atoms with Crippen LogP contribution in [0.15, 0.2) is 54.1 Å². The zero-order valence-electron chi connectivity index (χ0n) is 21.1. The van der Waals surface area contributed by atoms with E-state index in [1.807, 2.05) is 18.2 Å². The van der Waals surface area contributed by atoms with Crippen molar-refractivity contribution in [2.24, 2.45) is 0 Å². The van der Waals surface area contributed by atoms with Gasteiger partial charge in [0.1, 0.15) is 17.3 Å². The van der Waals surface area contributed by atoms with E-state index in [-0.39, 0.29) is 11.3 Å². The second-order valence-corrected chi connectivity index (χ2v) is 8.49. The van der Waals surface area contributed by atoms with Gasteiger partial charge in [-0.25, -0.2) is 0 Å². The zero-order valence-corrected chi connectivity index (χ0v) is 21.1. The number of para-hydroxylation sites is 1. The number of aliphatic hydroxyl groups is 1. The molecule has 1 unspecified atom stereocenters. The van der Waals surface area contributed by atoms with Crippen molar-refractivity contribution < 1.29 is 24.2 Å². The molecule has 188 valence electrons. The lowest BCUT2D eigenvalue weighted by molar-refractivity contribution is -0.140. The highest BCUT2D eigenvalue weighted by molar-refractivity contribution is 6.46. The second kappa shape index (κ2) is 12.4. The molecule has 7 nitrogen and oxygen atoms in total. The highest BCUT2D eigenvalue weighted by Crippen LogP contribution is 2.42. The number of ketones is 1. The minimum Gasteiger partial charge on any atom is -0.507 e. The van der Waals surface area contributed by atoms with Crippen molar-refractivity contribution >= 4 is 17.4 Å². The minimum atomic E-state index is -0.748. The Kier molecular flexibility index (Phi) is 9.32. The standard InChI is InChI=1S/C28H36N2O5/c1-5-8-19-35-21-15-13-20(14-16-21)26(31)24-25(22-11-9-10-12-23(22)34-4)30(28(33)27(24)32)18-17-29(6-2)7-3/h9-16,25,31H,5-8,17-19H2,1-4H3/b26-24+. The topological polar surface area (TPSA) is 79.3 Å². The van der Waals surface area contributed by atoms with Gasteiger partial charge in [-0.05, 0) is 49.8 Å². The molecule has 2 aromatic carbocycles. The minimum absolute atomic E-state index is 0.0682. The van der Waals surface area contributed by atoms with Gasteiger partial charge in [0.2, 0.25) is 0 Å². The fourth-order valence-electron chi connectivity index (χ4n) is 4.31. The van der Waals surface area contributed by atoms with Crippen LogP contribution in [0.5, 0.6) is 11.5 Å². The Morgan fingerprint density at radius 2 is 1.71 bits per heavy atom. The lowest BCUT2D eigenvalue weighted by Crippen LogP contribution is -2.38. The Morgan fingerprint density at radius 3 is 2.34 bits per heavy atom. The Morgan fingerprint density at radius 1 is 1.03 bits per heavy atom. The summed E-state index contributed by atoms with van der Waals surface area (Å²) < 4.78 is 11.3. The maximum Gasteiger partial charge on any atom is 0.295 e. The zero-order chi connectivity index (χ0) is 25.4. The molecular weight excluding hydrogens is 444 g/mol. The van der Waals surface area contributed by atoms with Gasteiger partial charge in [-0.3, -0.25) is 9.59 Å². The molecule has 0 spiro atoms. The molecule has 1 N–H and O–H groups in total. The largest absolute Gasteiger partial charge is 0.507 e. The summed E-state index contributed by atoms with van der Waals surface area (Å²) in [4.78, 5) is 30.2. The van der Waals surface area contributed by atoms with E-state index in [0.29, 0.717) is 42.3 Å². The predicted molar refractivity (Wildman–Crippen MR) is 137 cm³/mol. The van der Waals surface area contributed by atoms with Crippen molar-refractivity contribution in [2.75, 3.05) is 39.9 Å². The number of nitrogens with zero attached hydrogens (tertiary/aromatic N) is 2. The second-order valence-electron chi connectivity index (χ2n) is 8.49. The van der Waals surface area contributed by atoms with Gasteiger partial charge in [0.15, 0.2) is 0 Å². The van der Waals surface area contributed by atoms with E-state index in [0.717, 1.165) is 25.9 Å². The molecule has 3 rings (SSSR count). The van der Waals surface area contributed by atoms with E-state index >= 15 is 0 Å². The normalized spacial score (nSPS) is 17.3. The molecule has 2 aromatic rings.